The molecule has 4 rings (SSSR count). The van der Waals surface area contributed by atoms with Crippen molar-refractivity contribution in [3.05, 3.63) is 64.4 Å². The summed E-state index contributed by atoms with van der Waals surface area (Å²) in [5.74, 6) is 1.77. The fourth-order valence-corrected chi connectivity index (χ4v) is 4.12. The summed E-state index contributed by atoms with van der Waals surface area (Å²) in [7, 11) is 1.58. The van der Waals surface area contributed by atoms with Crippen molar-refractivity contribution in [3.63, 3.8) is 0 Å². The van der Waals surface area contributed by atoms with Crippen molar-refractivity contribution in [2.24, 2.45) is 5.92 Å². The molecule has 0 radical (unpaired) electrons. The molecule has 0 saturated heterocycles. The van der Waals surface area contributed by atoms with Gasteiger partial charge in [-0.25, -0.2) is 0 Å². The second-order valence-electron chi connectivity index (χ2n) is 8.75. The minimum atomic E-state index is -0.263. The number of hydrogen-bond acceptors (Lipinski definition) is 4. The van der Waals surface area contributed by atoms with Crippen LogP contribution in [0.3, 0.4) is 0 Å². The maximum Gasteiger partial charge on any atom is 0.262 e. The molecule has 1 saturated carbocycles. The van der Waals surface area contributed by atoms with Crippen LogP contribution in [0, 0.1) is 5.92 Å². The third-order valence-corrected chi connectivity index (χ3v) is 6.13. The van der Waals surface area contributed by atoms with Crippen LogP contribution >= 0.6 is 0 Å². The summed E-state index contributed by atoms with van der Waals surface area (Å²) in [5.41, 5.74) is 2.59. The molecule has 168 valence electrons. The van der Waals surface area contributed by atoms with E-state index in [4.69, 9.17) is 9.47 Å². The first-order chi connectivity index (χ1) is 15.4. The van der Waals surface area contributed by atoms with Gasteiger partial charge in [-0.05, 0) is 54.5 Å². The number of anilines is 1. The monoisotopic (exact) mass is 434 g/mol. The second-order valence-corrected chi connectivity index (χ2v) is 8.75. The predicted molar refractivity (Wildman–Crippen MR) is 127 cm³/mol. The SMILES string of the molecule is COc1cccc(NC(=O)COc2ccc3c(C(C)C)cc(=O)n(CC4CCC4)c3c2)c1. The molecule has 0 atom stereocenters. The fourth-order valence-electron chi connectivity index (χ4n) is 4.12. The molecule has 1 fully saturated rings. The number of methoxy groups -OCH3 is 1. The summed E-state index contributed by atoms with van der Waals surface area (Å²) >= 11 is 0. The molecule has 6 nitrogen and oxygen atoms in total. The highest BCUT2D eigenvalue weighted by atomic mass is 16.5. The lowest BCUT2D eigenvalue weighted by atomic mass is 9.85. The van der Waals surface area contributed by atoms with Crippen LogP contribution in [0.25, 0.3) is 10.9 Å². The molecule has 1 heterocycles. The van der Waals surface area contributed by atoms with Gasteiger partial charge in [0, 0.05) is 35.8 Å². The van der Waals surface area contributed by atoms with E-state index >= 15 is 0 Å². The standard InChI is InChI=1S/C26H30N2O4/c1-17(2)23-14-26(30)28(15-18-6-4-7-18)24-13-21(10-11-22(23)24)32-16-25(29)27-19-8-5-9-20(12-19)31-3/h5,8-14,17-18H,4,6-7,15-16H2,1-3H3,(H,27,29). The van der Waals surface area contributed by atoms with E-state index in [0.717, 1.165) is 23.0 Å². The average Bonchev–Trinajstić information content (AvgIpc) is 2.75. The van der Waals surface area contributed by atoms with Crippen LogP contribution in [0.2, 0.25) is 0 Å². The van der Waals surface area contributed by atoms with Gasteiger partial charge in [0.1, 0.15) is 11.5 Å². The zero-order valence-corrected chi connectivity index (χ0v) is 18.9. The predicted octanol–water partition coefficient (Wildman–Crippen LogP) is 4.95. The number of aromatic nitrogens is 1. The Morgan fingerprint density at radius 1 is 1.12 bits per heavy atom. The number of benzene rings is 2. The van der Waals surface area contributed by atoms with Crippen molar-refractivity contribution in [1.82, 2.24) is 4.57 Å². The number of amides is 1. The maximum atomic E-state index is 12.9. The van der Waals surface area contributed by atoms with Crippen LogP contribution in [-0.2, 0) is 11.3 Å². The summed E-state index contributed by atoms with van der Waals surface area (Å²) in [5, 5.41) is 3.87. The van der Waals surface area contributed by atoms with Crippen molar-refractivity contribution in [3.8, 4) is 11.5 Å². The van der Waals surface area contributed by atoms with Crippen LogP contribution < -0.4 is 20.3 Å². The van der Waals surface area contributed by atoms with E-state index < -0.39 is 0 Å². The van der Waals surface area contributed by atoms with Gasteiger partial charge in [-0.15, -0.1) is 0 Å². The van der Waals surface area contributed by atoms with Gasteiger partial charge in [0.25, 0.3) is 11.5 Å². The van der Waals surface area contributed by atoms with E-state index in [9.17, 15) is 9.59 Å². The van der Waals surface area contributed by atoms with E-state index in [1.54, 1.807) is 25.3 Å². The highest BCUT2D eigenvalue weighted by Gasteiger charge is 2.21. The molecule has 1 aliphatic carbocycles. The highest BCUT2D eigenvalue weighted by molar-refractivity contribution is 5.92. The lowest BCUT2D eigenvalue weighted by Crippen LogP contribution is -2.27. The van der Waals surface area contributed by atoms with Gasteiger partial charge in [-0.1, -0.05) is 26.3 Å². The first kappa shape index (κ1) is 21.9. The van der Waals surface area contributed by atoms with Gasteiger partial charge in [0.15, 0.2) is 6.61 Å². The number of carbonyl (C=O) groups excluding carboxylic acids is 1. The van der Waals surface area contributed by atoms with E-state index in [1.807, 2.05) is 34.9 Å². The molecule has 3 aromatic rings. The van der Waals surface area contributed by atoms with E-state index in [1.165, 1.54) is 19.3 Å². The van der Waals surface area contributed by atoms with E-state index in [0.29, 0.717) is 23.1 Å². The van der Waals surface area contributed by atoms with Gasteiger partial charge in [0.2, 0.25) is 0 Å². The first-order valence-corrected chi connectivity index (χ1v) is 11.2. The lowest BCUT2D eigenvalue weighted by molar-refractivity contribution is -0.118. The molecule has 6 heteroatoms. The smallest absolute Gasteiger partial charge is 0.262 e. The van der Waals surface area contributed by atoms with Gasteiger partial charge in [-0.3, -0.25) is 9.59 Å². The number of rotatable bonds is 8. The Bertz CT molecular complexity index is 1180. The van der Waals surface area contributed by atoms with Gasteiger partial charge < -0.3 is 19.4 Å². The van der Waals surface area contributed by atoms with Crippen molar-refractivity contribution in [1.29, 1.82) is 0 Å². The van der Waals surface area contributed by atoms with Crippen LogP contribution in [-0.4, -0.2) is 24.2 Å². The van der Waals surface area contributed by atoms with E-state index in [2.05, 4.69) is 19.2 Å². The third-order valence-electron chi connectivity index (χ3n) is 6.13. The quantitative estimate of drug-likeness (QED) is 0.545. The third kappa shape index (κ3) is 4.79. The number of ether oxygens (including phenoxy) is 2. The van der Waals surface area contributed by atoms with Crippen LogP contribution in [0.4, 0.5) is 5.69 Å². The Morgan fingerprint density at radius 2 is 1.94 bits per heavy atom. The second kappa shape index (κ2) is 9.47. The Balaban J connectivity index is 1.55. The van der Waals surface area contributed by atoms with Gasteiger partial charge in [0.05, 0.1) is 12.6 Å². The minimum absolute atomic E-state index is 0.0287. The molecule has 2 aromatic carbocycles. The molecule has 1 N–H and O–H groups in total. The molecule has 0 bridgehead atoms. The Labute approximate surface area is 188 Å². The molecule has 1 amide bonds. The normalized spacial score (nSPS) is 13.8. The molecule has 1 aliphatic rings. The Morgan fingerprint density at radius 3 is 2.62 bits per heavy atom. The summed E-state index contributed by atoms with van der Waals surface area (Å²) in [6.45, 7) is 4.79. The summed E-state index contributed by atoms with van der Waals surface area (Å²) < 4.78 is 12.8. The number of carbonyl (C=O) groups is 1. The van der Waals surface area contributed by atoms with Crippen LogP contribution in [0.5, 0.6) is 11.5 Å². The molecule has 0 spiro atoms. The number of nitrogens with one attached hydrogen (secondary N) is 1. The maximum absolute atomic E-state index is 12.9. The Kier molecular flexibility index (Phi) is 6.49. The topological polar surface area (TPSA) is 69.6 Å². The summed E-state index contributed by atoms with van der Waals surface area (Å²) in [6, 6.07) is 14.7. The summed E-state index contributed by atoms with van der Waals surface area (Å²) in [4.78, 5) is 25.3. The van der Waals surface area contributed by atoms with Gasteiger partial charge in [-0.2, -0.15) is 0 Å². The largest absolute Gasteiger partial charge is 0.497 e. The lowest BCUT2D eigenvalue weighted by Gasteiger charge is -2.27. The zero-order valence-electron chi connectivity index (χ0n) is 18.9. The number of nitrogens with zero attached hydrogens (tertiary/aromatic N) is 1. The fraction of sp³-hybridized carbons (Fsp3) is 0.385. The molecule has 1 aromatic heterocycles. The molecular formula is C26H30N2O4. The van der Waals surface area contributed by atoms with Gasteiger partial charge >= 0.3 is 0 Å². The first-order valence-electron chi connectivity index (χ1n) is 11.2. The molecule has 0 unspecified atom stereocenters. The minimum Gasteiger partial charge on any atom is -0.497 e. The van der Waals surface area contributed by atoms with Crippen molar-refractivity contribution >= 4 is 22.5 Å². The number of fused-ring (bicyclic) bond motifs is 1. The van der Waals surface area contributed by atoms with Crippen LogP contribution in [0.1, 0.15) is 44.6 Å². The molecule has 0 aliphatic heterocycles. The van der Waals surface area contributed by atoms with E-state index in [-0.39, 0.29) is 24.0 Å². The number of pyridine rings is 1. The Hall–Kier alpha value is -3.28. The summed E-state index contributed by atoms with van der Waals surface area (Å²) in [6.07, 6.45) is 3.57. The van der Waals surface area contributed by atoms with Crippen molar-refractivity contribution < 1.29 is 14.3 Å². The van der Waals surface area contributed by atoms with Crippen LogP contribution in [0.15, 0.2) is 53.3 Å². The zero-order chi connectivity index (χ0) is 22.7. The molecule has 32 heavy (non-hydrogen) atoms. The van der Waals surface area contributed by atoms with Crippen molar-refractivity contribution in [2.45, 2.75) is 45.6 Å². The number of hydrogen-bond donors (Lipinski definition) is 1. The highest BCUT2D eigenvalue weighted by Crippen LogP contribution is 2.31. The molecular weight excluding hydrogens is 404 g/mol. The average molecular weight is 435 g/mol. The van der Waals surface area contributed by atoms with Crippen molar-refractivity contribution in [2.75, 3.05) is 19.0 Å².